The SMILES string of the molecule is CCOC(=O)c1sc(NC(=O)C2CCCN2S(=O)(=O)c2ccc(Cl)s2)nc1C. The van der Waals surface area contributed by atoms with Gasteiger partial charge in [0, 0.05) is 6.54 Å². The molecule has 3 heterocycles. The second-order valence-corrected chi connectivity index (χ2v) is 10.8. The maximum atomic E-state index is 12.9. The molecule has 0 saturated carbocycles. The van der Waals surface area contributed by atoms with Gasteiger partial charge in [-0.15, -0.1) is 11.3 Å². The molecule has 0 radical (unpaired) electrons. The van der Waals surface area contributed by atoms with Gasteiger partial charge in [-0.25, -0.2) is 18.2 Å². The Morgan fingerprint density at radius 3 is 2.79 bits per heavy atom. The lowest BCUT2D eigenvalue weighted by atomic mass is 10.2. The van der Waals surface area contributed by atoms with E-state index in [4.69, 9.17) is 16.3 Å². The highest BCUT2D eigenvalue weighted by Gasteiger charge is 2.40. The Morgan fingerprint density at radius 2 is 2.14 bits per heavy atom. The average molecular weight is 464 g/mol. The van der Waals surface area contributed by atoms with E-state index in [1.807, 2.05) is 0 Å². The number of thiazole rings is 1. The Morgan fingerprint density at radius 1 is 1.39 bits per heavy atom. The molecule has 0 bridgehead atoms. The molecular formula is C16H18ClN3O5S3. The Balaban J connectivity index is 1.77. The minimum absolute atomic E-state index is 0.104. The zero-order valence-electron chi connectivity index (χ0n) is 15.1. The molecule has 1 N–H and O–H groups in total. The number of carbonyl (C=O) groups excluding carboxylic acids is 2. The topological polar surface area (TPSA) is 106 Å². The molecule has 12 heteroatoms. The van der Waals surface area contributed by atoms with Crippen LogP contribution in [-0.4, -0.2) is 48.8 Å². The molecule has 28 heavy (non-hydrogen) atoms. The summed E-state index contributed by atoms with van der Waals surface area (Å²) >= 11 is 7.81. The van der Waals surface area contributed by atoms with Gasteiger partial charge in [0.15, 0.2) is 5.13 Å². The third kappa shape index (κ3) is 4.23. The summed E-state index contributed by atoms with van der Waals surface area (Å²) in [6.07, 6.45) is 0.973. The summed E-state index contributed by atoms with van der Waals surface area (Å²) in [6, 6.07) is 2.10. The normalized spacial score (nSPS) is 17.6. The van der Waals surface area contributed by atoms with Crippen molar-refractivity contribution in [2.75, 3.05) is 18.5 Å². The van der Waals surface area contributed by atoms with Crippen LogP contribution < -0.4 is 5.32 Å². The molecule has 1 atom stereocenters. The van der Waals surface area contributed by atoms with Crippen LogP contribution in [0, 0.1) is 6.92 Å². The fraction of sp³-hybridized carbons (Fsp3) is 0.438. The predicted octanol–water partition coefficient (Wildman–Crippen LogP) is 3.13. The van der Waals surface area contributed by atoms with Crippen molar-refractivity contribution in [1.82, 2.24) is 9.29 Å². The quantitative estimate of drug-likeness (QED) is 0.659. The summed E-state index contributed by atoms with van der Waals surface area (Å²) < 4.78 is 32.3. The van der Waals surface area contributed by atoms with E-state index in [9.17, 15) is 18.0 Å². The predicted molar refractivity (Wildman–Crippen MR) is 108 cm³/mol. The van der Waals surface area contributed by atoms with Crippen molar-refractivity contribution in [2.45, 2.75) is 36.9 Å². The Labute approximate surface area is 175 Å². The van der Waals surface area contributed by atoms with E-state index in [1.165, 1.54) is 16.4 Å². The van der Waals surface area contributed by atoms with Gasteiger partial charge in [0.25, 0.3) is 10.0 Å². The lowest BCUT2D eigenvalue weighted by Gasteiger charge is -2.22. The summed E-state index contributed by atoms with van der Waals surface area (Å²) in [4.78, 5) is 29.1. The molecule has 3 rings (SSSR count). The van der Waals surface area contributed by atoms with E-state index < -0.39 is 27.9 Å². The van der Waals surface area contributed by atoms with Gasteiger partial charge < -0.3 is 10.1 Å². The van der Waals surface area contributed by atoms with Crippen LogP contribution in [0.2, 0.25) is 4.34 Å². The number of hydrogen-bond acceptors (Lipinski definition) is 8. The number of ether oxygens (including phenoxy) is 1. The number of amides is 1. The molecule has 1 aliphatic heterocycles. The van der Waals surface area contributed by atoms with Crippen molar-refractivity contribution in [3.8, 4) is 0 Å². The molecule has 1 amide bonds. The van der Waals surface area contributed by atoms with Crippen LogP contribution in [0.25, 0.3) is 0 Å². The lowest BCUT2D eigenvalue weighted by molar-refractivity contribution is -0.119. The fourth-order valence-electron chi connectivity index (χ4n) is 2.87. The van der Waals surface area contributed by atoms with Crippen LogP contribution in [-0.2, 0) is 19.6 Å². The molecule has 1 fully saturated rings. The van der Waals surface area contributed by atoms with Crippen molar-refractivity contribution in [3.05, 3.63) is 27.0 Å². The minimum Gasteiger partial charge on any atom is -0.462 e. The summed E-state index contributed by atoms with van der Waals surface area (Å²) in [5.41, 5.74) is 0.447. The number of anilines is 1. The van der Waals surface area contributed by atoms with Gasteiger partial charge in [0.05, 0.1) is 16.6 Å². The van der Waals surface area contributed by atoms with Crippen LogP contribution >= 0.6 is 34.3 Å². The number of esters is 1. The first-order valence-electron chi connectivity index (χ1n) is 8.46. The summed E-state index contributed by atoms with van der Waals surface area (Å²) in [7, 11) is -3.81. The summed E-state index contributed by atoms with van der Waals surface area (Å²) in [5.74, 6) is -0.981. The first kappa shape index (κ1) is 21.2. The molecular weight excluding hydrogens is 446 g/mol. The third-order valence-electron chi connectivity index (χ3n) is 4.11. The minimum atomic E-state index is -3.81. The van der Waals surface area contributed by atoms with Crippen molar-refractivity contribution in [1.29, 1.82) is 0 Å². The molecule has 0 aliphatic carbocycles. The maximum Gasteiger partial charge on any atom is 0.350 e. The van der Waals surface area contributed by atoms with E-state index in [2.05, 4.69) is 10.3 Å². The first-order chi connectivity index (χ1) is 13.2. The molecule has 8 nitrogen and oxygen atoms in total. The number of hydrogen-bond donors (Lipinski definition) is 1. The third-order valence-corrected chi connectivity index (χ3v) is 8.77. The van der Waals surface area contributed by atoms with E-state index in [0.29, 0.717) is 27.7 Å². The lowest BCUT2D eigenvalue weighted by Crippen LogP contribution is -2.42. The highest BCUT2D eigenvalue weighted by Crippen LogP contribution is 2.33. The van der Waals surface area contributed by atoms with E-state index in [0.717, 1.165) is 22.7 Å². The largest absolute Gasteiger partial charge is 0.462 e. The number of carbonyl (C=O) groups is 2. The van der Waals surface area contributed by atoms with E-state index in [1.54, 1.807) is 13.8 Å². The van der Waals surface area contributed by atoms with Gasteiger partial charge in [0.2, 0.25) is 5.91 Å². The Kier molecular flexibility index (Phi) is 6.40. The summed E-state index contributed by atoms with van der Waals surface area (Å²) in [6.45, 7) is 3.83. The number of aromatic nitrogens is 1. The van der Waals surface area contributed by atoms with Gasteiger partial charge in [0.1, 0.15) is 15.1 Å². The van der Waals surface area contributed by atoms with Crippen LogP contribution in [0.5, 0.6) is 0 Å². The Bertz CT molecular complexity index is 1000. The van der Waals surface area contributed by atoms with Gasteiger partial charge in [-0.1, -0.05) is 22.9 Å². The van der Waals surface area contributed by atoms with Crippen LogP contribution in [0.1, 0.15) is 35.1 Å². The van der Waals surface area contributed by atoms with Crippen LogP contribution in [0.4, 0.5) is 5.13 Å². The van der Waals surface area contributed by atoms with Crippen molar-refractivity contribution in [2.24, 2.45) is 0 Å². The Hall–Kier alpha value is -1.53. The molecule has 1 saturated heterocycles. The number of aryl methyl sites for hydroxylation is 1. The number of nitrogens with one attached hydrogen (secondary N) is 1. The molecule has 1 unspecified atom stereocenters. The number of thiophene rings is 1. The molecule has 0 spiro atoms. The molecule has 152 valence electrons. The number of sulfonamides is 1. The average Bonchev–Trinajstić information content (AvgIpc) is 3.34. The van der Waals surface area contributed by atoms with Gasteiger partial charge in [-0.05, 0) is 38.8 Å². The van der Waals surface area contributed by atoms with Crippen molar-refractivity contribution >= 4 is 61.3 Å². The van der Waals surface area contributed by atoms with E-state index in [-0.39, 0.29) is 22.5 Å². The highest BCUT2D eigenvalue weighted by molar-refractivity contribution is 7.91. The number of rotatable bonds is 6. The molecule has 2 aromatic rings. The monoisotopic (exact) mass is 463 g/mol. The summed E-state index contributed by atoms with van der Waals surface area (Å²) in [5, 5.41) is 2.86. The first-order valence-corrected chi connectivity index (χ1v) is 11.9. The smallest absolute Gasteiger partial charge is 0.350 e. The molecule has 2 aromatic heterocycles. The van der Waals surface area contributed by atoms with Crippen molar-refractivity contribution in [3.63, 3.8) is 0 Å². The number of halogens is 1. The zero-order chi connectivity index (χ0) is 20.5. The molecule has 1 aliphatic rings. The fourth-order valence-corrected chi connectivity index (χ4v) is 7.00. The van der Waals surface area contributed by atoms with Gasteiger partial charge in [-0.2, -0.15) is 4.31 Å². The van der Waals surface area contributed by atoms with Crippen molar-refractivity contribution < 1.29 is 22.7 Å². The second-order valence-electron chi connectivity index (χ2n) is 5.98. The van der Waals surface area contributed by atoms with E-state index >= 15 is 0 Å². The van der Waals surface area contributed by atoms with Crippen LogP contribution in [0.3, 0.4) is 0 Å². The van der Waals surface area contributed by atoms with Gasteiger partial charge >= 0.3 is 5.97 Å². The van der Waals surface area contributed by atoms with Gasteiger partial charge in [-0.3, -0.25) is 4.79 Å². The number of nitrogens with zero attached hydrogens (tertiary/aromatic N) is 2. The zero-order valence-corrected chi connectivity index (χ0v) is 18.3. The second kappa shape index (κ2) is 8.46. The molecule has 0 aromatic carbocycles. The highest BCUT2D eigenvalue weighted by atomic mass is 35.5. The standard InChI is InChI=1S/C16H18ClN3O5S3/c1-3-25-15(22)13-9(2)18-16(27-13)19-14(21)10-5-4-8-20(10)28(23,24)12-7-6-11(17)26-12/h6-7,10H,3-5,8H2,1-2H3,(H,18,19,21). The maximum absolute atomic E-state index is 12.9. The van der Waals surface area contributed by atoms with Crippen LogP contribution in [0.15, 0.2) is 16.3 Å².